The van der Waals surface area contributed by atoms with Crippen molar-refractivity contribution in [2.45, 2.75) is 23.0 Å². The highest BCUT2D eigenvalue weighted by molar-refractivity contribution is 7.94. The van der Waals surface area contributed by atoms with Crippen LogP contribution in [0.4, 0.5) is 17.1 Å². The molecule has 0 radical (unpaired) electrons. The molecular formula is C19H17Cl2N3O5S3. The van der Waals surface area contributed by atoms with Gasteiger partial charge in [0, 0.05) is 12.6 Å². The highest BCUT2D eigenvalue weighted by atomic mass is 35.5. The van der Waals surface area contributed by atoms with E-state index in [9.17, 15) is 21.6 Å². The normalized spacial score (nSPS) is 11.8. The topological polar surface area (TPSA) is 121 Å². The molecule has 0 atom stereocenters. The molecule has 0 aliphatic rings. The minimum Gasteiger partial charge on any atom is -0.326 e. The average Bonchev–Trinajstić information content (AvgIpc) is 3.22. The van der Waals surface area contributed by atoms with Crippen molar-refractivity contribution < 1.29 is 21.6 Å². The molecule has 0 saturated carbocycles. The maximum atomic E-state index is 13.0. The third-order valence-corrected chi connectivity index (χ3v) is 8.98. The Morgan fingerprint density at radius 1 is 0.875 bits per heavy atom. The second-order valence-corrected chi connectivity index (χ2v) is 12.0. The monoisotopic (exact) mass is 533 g/mol. The number of carbonyl (C=O) groups excluding carboxylic acids is 1. The lowest BCUT2D eigenvalue weighted by molar-refractivity contribution is -0.114. The van der Waals surface area contributed by atoms with Gasteiger partial charge in [-0.15, -0.1) is 11.3 Å². The van der Waals surface area contributed by atoms with Crippen molar-refractivity contribution in [2.75, 3.05) is 14.8 Å². The zero-order chi connectivity index (χ0) is 23.7. The van der Waals surface area contributed by atoms with Gasteiger partial charge in [-0.25, -0.2) is 16.8 Å². The fourth-order valence-electron chi connectivity index (χ4n) is 2.66. The fourth-order valence-corrected chi connectivity index (χ4v) is 6.21. The number of thiophene rings is 1. The Morgan fingerprint density at radius 2 is 1.47 bits per heavy atom. The number of carbonyl (C=O) groups is 1. The standard InChI is InChI=1S/C19H17Cl2N3O5S3/c1-11-8-13(5-6-16(11)22-12(2)25)31(26,27)23-17-9-14(20)15(21)10-18(17)24-32(28,29)19-4-3-7-30-19/h3-10,23-24H,1-2H3,(H,22,25). The summed E-state index contributed by atoms with van der Waals surface area (Å²) < 4.78 is 55.9. The molecule has 170 valence electrons. The fraction of sp³-hybridized carbons (Fsp3) is 0.105. The molecule has 32 heavy (non-hydrogen) atoms. The van der Waals surface area contributed by atoms with Crippen molar-refractivity contribution in [3.63, 3.8) is 0 Å². The molecule has 13 heteroatoms. The van der Waals surface area contributed by atoms with Crippen LogP contribution in [-0.2, 0) is 24.8 Å². The molecule has 0 unspecified atom stereocenters. The molecule has 2 aromatic carbocycles. The molecule has 0 saturated heterocycles. The van der Waals surface area contributed by atoms with E-state index in [0.29, 0.717) is 11.3 Å². The second kappa shape index (κ2) is 9.28. The molecular weight excluding hydrogens is 517 g/mol. The molecule has 1 aromatic heterocycles. The Labute approximate surface area is 199 Å². The van der Waals surface area contributed by atoms with Crippen LogP contribution in [0.1, 0.15) is 12.5 Å². The maximum absolute atomic E-state index is 13.0. The molecule has 0 fully saturated rings. The summed E-state index contributed by atoms with van der Waals surface area (Å²) in [5.74, 6) is -0.291. The highest BCUT2D eigenvalue weighted by Crippen LogP contribution is 2.35. The van der Waals surface area contributed by atoms with Gasteiger partial charge in [0.2, 0.25) is 5.91 Å². The quantitative estimate of drug-likeness (QED) is 0.397. The highest BCUT2D eigenvalue weighted by Gasteiger charge is 2.22. The van der Waals surface area contributed by atoms with Crippen molar-refractivity contribution in [1.82, 2.24) is 0 Å². The molecule has 3 N–H and O–H groups in total. The Balaban J connectivity index is 1.98. The number of nitrogens with one attached hydrogen (secondary N) is 3. The second-order valence-electron chi connectivity index (χ2n) is 6.61. The Kier molecular flexibility index (Phi) is 7.06. The third-order valence-electron chi connectivity index (χ3n) is 4.13. The summed E-state index contributed by atoms with van der Waals surface area (Å²) in [5.41, 5.74) is 0.789. The summed E-state index contributed by atoms with van der Waals surface area (Å²) in [6.45, 7) is 2.98. The smallest absolute Gasteiger partial charge is 0.271 e. The zero-order valence-corrected chi connectivity index (χ0v) is 20.6. The lowest BCUT2D eigenvalue weighted by atomic mass is 10.2. The maximum Gasteiger partial charge on any atom is 0.271 e. The average molecular weight is 534 g/mol. The number of hydrogen-bond donors (Lipinski definition) is 3. The molecule has 0 spiro atoms. The Bertz CT molecular complexity index is 1390. The van der Waals surface area contributed by atoms with Crippen LogP contribution in [0, 0.1) is 6.92 Å². The van der Waals surface area contributed by atoms with Gasteiger partial charge in [-0.1, -0.05) is 29.3 Å². The first-order chi connectivity index (χ1) is 14.9. The summed E-state index contributed by atoms with van der Waals surface area (Å²) >= 11 is 13.1. The molecule has 1 heterocycles. The van der Waals surface area contributed by atoms with Crippen LogP contribution in [-0.4, -0.2) is 22.7 Å². The largest absolute Gasteiger partial charge is 0.326 e. The van der Waals surface area contributed by atoms with Gasteiger partial charge < -0.3 is 5.32 Å². The molecule has 0 aliphatic carbocycles. The van der Waals surface area contributed by atoms with Crippen LogP contribution >= 0.6 is 34.5 Å². The van der Waals surface area contributed by atoms with Gasteiger partial charge >= 0.3 is 0 Å². The van der Waals surface area contributed by atoms with Crippen molar-refractivity contribution >= 4 is 77.6 Å². The molecule has 0 aliphatic heterocycles. The number of sulfonamides is 2. The van der Waals surface area contributed by atoms with Crippen LogP contribution < -0.4 is 14.8 Å². The van der Waals surface area contributed by atoms with Gasteiger partial charge in [-0.3, -0.25) is 14.2 Å². The number of aryl methyl sites for hydroxylation is 1. The SMILES string of the molecule is CC(=O)Nc1ccc(S(=O)(=O)Nc2cc(Cl)c(Cl)cc2NS(=O)(=O)c2cccs2)cc1C. The van der Waals surface area contributed by atoms with Gasteiger partial charge in [-0.05, 0) is 54.3 Å². The zero-order valence-electron chi connectivity index (χ0n) is 16.6. The van der Waals surface area contributed by atoms with E-state index in [2.05, 4.69) is 14.8 Å². The van der Waals surface area contributed by atoms with Crippen LogP contribution in [0.3, 0.4) is 0 Å². The molecule has 3 aromatic rings. The van der Waals surface area contributed by atoms with E-state index in [1.807, 2.05) is 0 Å². The van der Waals surface area contributed by atoms with Crippen molar-refractivity contribution in [3.8, 4) is 0 Å². The summed E-state index contributed by atoms with van der Waals surface area (Å²) in [4.78, 5) is 11.2. The van der Waals surface area contributed by atoms with Crippen LogP contribution in [0.2, 0.25) is 10.0 Å². The molecule has 3 rings (SSSR count). The van der Waals surface area contributed by atoms with E-state index in [-0.39, 0.29) is 36.4 Å². The van der Waals surface area contributed by atoms with Crippen molar-refractivity contribution in [2.24, 2.45) is 0 Å². The number of halogens is 2. The summed E-state index contributed by atoms with van der Waals surface area (Å²) in [6.07, 6.45) is 0. The molecule has 1 amide bonds. The minimum atomic E-state index is -4.14. The summed E-state index contributed by atoms with van der Waals surface area (Å²) in [6, 6.07) is 9.57. The third kappa shape index (κ3) is 5.54. The van der Waals surface area contributed by atoms with Gasteiger partial charge in [0.25, 0.3) is 20.0 Å². The Hall–Kier alpha value is -2.31. The number of rotatable bonds is 7. The Morgan fingerprint density at radius 3 is 1.97 bits per heavy atom. The first kappa shape index (κ1) is 24.3. The van der Waals surface area contributed by atoms with E-state index in [1.54, 1.807) is 18.4 Å². The van der Waals surface area contributed by atoms with Gasteiger partial charge in [0.15, 0.2) is 0 Å². The van der Waals surface area contributed by atoms with Crippen molar-refractivity contribution in [3.05, 3.63) is 63.5 Å². The van der Waals surface area contributed by atoms with E-state index in [4.69, 9.17) is 23.2 Å². The van der Waals surface area contributed by atoms with Gasteiger partial charge in [0.05, 0.1) is 26.3 Å². The minimum absolute atomic E-state index is 0.0284. The van der Waals surface area contributed by atoms with E-state index in [0.717, 1.165) is 11.3 Å². The van der Waals surface area contributed by atoms with E-state index >= 15 is 0 Å². The van der Waals surface area contributed by atoms with Crippen LogP contribution in [0.25, 0.3) is 0 Å². The number of benzene rings is 2. The predicted octanol–water partition coefficient (Wildman–Crippen LogP) is 4.92. The van der Waals surface area contributed by atoms with E-state index < -0.39 is 20.0 Å². The van der Waals surface area contributed by atoms with E-state index in [1.165, 1.54) is 43.3 Å². The number of hydrogen-bond acceptors (Lipinski definition) is 6. The molecule has 0 bridgehead atoms. The van der Waals surface area contributed by atoms with Gasteiger partial charge in [0.1, 0.15) is 4.21 Å². The van der Waals surface area contributed by atoms with Crippen LogP contribution in [0.5, 0.6) is 0 Å². The van der Waals surface area contributed by atoms with Gasteiger partial charge in [-0.2, -0.15) is 0 Å². The lowest BCUT2D eigenvalue weighted by Gasteiger charge is -2.16. The van der Waals surface area contributed by atoms with Crippen LogP contribution in [0.15, 0.2) is 56.9 Å². The summed E-state index contributed by atoms with van der Waals surface area (Å²) in [5, 5.41) is 4.26. The predicted molar refractivity (Wildman–Crippen MR) is 128 cm³/mol. The first-order valence-corrected chi connectivity index (χ1v) is 13.5. The van der Waals surface area contributed by atoms with Crippen molar-refractivity contribution in [1.29, 1.82) is 0 Å². The molecule has 8 nitrogen and oxygen atoms in total. The summed E-state index contributed by atoms with van der Waals surface area (Å²) in [7, 11) is -8.11. The number of amides is 1. The first-order valence-electron chi connectivity index (χ1n) is 8.85. The number of anilines is 3. The lowest BCUT2D eigenvalue weighted by Crippen LogP contribution is -2.17.